The molecule has 1 spiro atoms. The van der Waals surface area contributed by atoms with E-state index >= 15 is 4.57 Å². The number of hydrogen-bond donors (Lipinski definition) is 0. The summed E-state index contributed by atoms with van der Waals surface area (Å²) in [5, 5.41) is 6.03. The van der Waals surface area contributed by atoms with Crippen LogP contribution in [-0.4, -0.2) is 9.38 Å². The van der Waals surface area contributed by atoms with Crippen LogP contribution in [0.25, 0.3) is 71.7 Å². The van der Waals surface area contributed by atoms with Gasteiger partial charge in [0.15, 0.2) is 7.14 Å². The predicted molar refractivity (Wildman–Crippen MR) is 249 cm³/mol. The molecule has 2 heterocycles. The summed E-state index contributed by atoms with van der Waals surface area (Å²) in [5.74, 6) is 0. The topological polar surface area (TPSA) is 34.4 Å². The predicted octanol–water partition coefficient (Wildman–Crippen LogP) is 12.4. The number of hydrogen-bond acceptors (Lipinski definition) is 2. The molecule has 0 saturated carbocycles. The third-order valence-corrected chi connectivity index (χ3v) is 16.3. The minimum atomic E-state index is -3.27. The van der Waals surface area contributed by atoms with Gasteiger partial charge in [0.05, 0.1) is 22.0 Å². The fraction of sp³-hybridized carbons (Fsp3) is 0.0179. The number of imidazole rings is 1. The number of nitrogens with zero attached hydrogens (tertiary/aromatic N) is 2. The Morgan fingerprint density at radius 3 is 1.63 bits per heavy atom. The molecule has 4 heteroatoms. The molecule has 2 aliphatic carbocycles. The highest BCUT2D eigenvalue weighted by atomic mass is 31.2. The lowest BCUT2D eigenvalue weighted by molar-refractivity contribution is 0.592. The van der Waals surface area contributed by atoms with Crippen molar-refractivity contribution in [1.29, 1.82) is 0 Å². The summed E-state index contributed by atoms with van der Waals surface area (Å²) in [6.45, 7) is 0. The molecule has 3 nitrogen and oxygen atoms in total. The van der Waals surface area contributed by atoms with E-state index in [4.69, 9.17) is 4.98 Å². The molecule has 0 N–H and O–H groups in total. The molecular weight excluding hydrogens is 748 g/mol. The molecule has 9 aromatic carbocycles. The SMILES string of the molecule is O=P(c1ccccc1)(c1ccccc1)c1ccc2c(c1)C1(c3ccccc3-c3ccccc31)c1cc(-c3ccc4c(c3)c3ccccc3c3nc5ccccc5n43)ccc1-2. The van der Waals surface area contributed by atoms with Gasteiger partial charge in [-0.05, 0) is 97.4 Å². The van der Waals surface area contributed by atoms with Crippen LogP contribution >= 0.6 is 7.14 Å². The summed E-state index contributed by atoms with van der Waals surface area (Å²) in [6.07, 6.45) is 0. The molecule has 280 valence electrons. The monoisotopic (exact) mass is 782 g/mol. The molecule has 0 radical (unpaired) electrons. The largest absolute Gasteiger partial charge is 0.309 e. The molecule has 0 amide bonds. The molecule has 11 aromatic rings. The molecular formula is C56H35N2OP. The van der Waals surface area contributed by atoms with Gasteiger partial charge in [0.1, 0.15) is 5.65 Å². The van der Waals surface area contributed by atoms with Crippen molar-refractivity contribution in [2.24, 2.45) is 0 Å². The van der Waals surface area contributed by atoms with Gasteiger partial charge < -0.3 is 4.57 Å². The average molecular weight is 783 g/mol. The number of aromatic nitrogens is 2. The van der Waals surface area contributed by atoms with E-state index in [9.17, 15) is 0 Å². The molecule has 0 aliphatic heterocycles. The van der Waals surface area contributed by atoms with Crippen LogP contribution in [0.2, 0.25) is 0 Å². The van der Waals surface area contributed by atoms with Gasteiger partial charge in [-0.3, -0.25) is 4.40 Å². The highest BCUT2D eigenvalue weighted by Gasteiger charge is 2.52. The maximum Gasteiger partial charge on any atom is 0.171 e. The van der Waals surface area contributed by atoms with Crippen molar-refractivity contribution in [3.05, 3.63) is 235 Å². The zero-order valence-electron chi connectivity index (χ0n) is 32.5. The lowest BCUT2D eigenvalue weighted by Crippen LogP contribution is -2.29. The number of benzene rings is 9. The first-order chi connectivity index (χ1) is 29.6. The molecule has 2 aromatic heterocycles. The van der Waals surface area contributed by atoms with Crippen molar-refractivity contribution in [3.63, 3.8) is 0 Å². The number of fused-ring (bicyclic) bond motifs is 18. The number of pyridine rings is 1. The van der Waals surface area contributed by atoms with Gasteiger partial charge in [-0.2, -0.15) is 0 Å². The smallest absolute Gasteiger partial charge is 0.171 e. The first-order valence-corrected chi connectivity index (χ1v) is 22.3. The molecule has 0 bridgehead atoms. The first-order valence-electron chi connectivity index (χ1n) is 20.6. The Morgan fingerprint density at radius 1 is 0.383 bits per heavy atom. The van der Waals surface area contributed by atoms with Crippen LogP contribution < -0.4 is 15.9 Å². The van der Waals surface area contributed by atoms with E-state index in [1.54, 1.807) is 0 Å². The average Bonchev–Trinajstić information content (AvgIpc) is 3.96. The van der Waals surface area contributed by atoms with E-state index in [0.29, 0.717) is 0 Å². The van der Waals surface area contributed by atoms with Crippen molar-refractivity contribution in [1.82, 2.24) is 9.38 Å². The van der Waals surface area contributed by atoms with E-state index in [2.05, 4.69) is 156 Å². The summed E-state index contributed by atoms with van der Waals surface area (Å²) in [4.78, 5) is 5.11. The lowest BCUT2D eigenvalue weighted by Gasteiger charge is -2.31. The Morgan fingerprint density at radius 2 is 0.917 bits per heavy atom. The highest BCUT2D eigenvalue weighted by Crippen LogP contribution is 2.63. The zero-order valence-corrected chi connectivity index (χ0v) is 33.4. The fourth-order valence-corrected chi connectivity index (χ4v) is 13.4. The second kappa shape index (κ2) is 12.3. The van der Waals surface area contributed by atoms with E-state index in [-0.39, 0.29) is 0 Å². The molecule has 0 unspecified atom stereocenters. The molecule has 2 aliphatic rings. The van der Waals surface area contributed by atoms with E-state index in [1.807, 2.05) is 60.7 Å². The standard InChI is InChI=1S/C56H35N2OP/c59-60(38-15-3-1-4-16-38,39-17-5-2-6-18-39)40-29-31-45-44-30-27-37(34-50(44)56(51(45)35-40)48-23-11-9-20-42(48)43-21-10-12-24-49(43)56)36-28-32-53-47(33-36)41-19-7-8-22-46(41)55-57-52-25-13-14-26-54(52)58(53)55/h1-35H. The van der Waals surface area contributed by atoms with Gasteiger partial charge >= 0.3 is 0 Å². The van der Waals surface area contributed by atoms with Crippen molar-refractivity contribution < 1.29 is 4.57 Å². The molecule has 60 heavy (non-hydrogen) atoms. The molecule has 0 fully saturated rings. The normalized spacial score (nSPS) is 13.5. The fourth-order valence-electron chi connectivity index (χ4n) is 10.7. The minimum absolute atomic E-state index is 0.618. The van der Waals surface area contributed by atoms with Crippen molar-refractivity contribution in [2.75, 3.05) is 0 Å². The quantitative estimate of drug-likeness (QED) is 0.132. The first kappa shape index (κ1) is 33.6. The van der Waals surface area contributed by atoms with E-state index in [1.165, 1.54) is 55.3 Å². The van der Waals surface area contributed by atoms with Gasteiger partial charge in [-0.1, -0.05) is 176 Å². The van der Waals surface area contributed by atoms with Crippen molar-refractivity contribution >= 4 is 61.4 Å². The van der Waals surface area contributed by atoms with E-state index < -0.39 is 12.6 Å². The minimum Gasteiger partial charge on any atom is -0.309 e. The van der Waals surface area contributed by atoms with Gasteiger partial charge in [-0.15, -0.1) is 0 Å². The van der Waals surface area contributed by atoms with Crippen LogP contribution in [0.4, 0.5) is 0 Å². The van der Waals surface area contributed by atoms with Crippen LogP contribution in [0, 0.1) is 0 Å². The second-order valence-corrected chi connectivity index (χ2v) is 18.9. The molecule has 0 saturated heterocycles. The Labute approximate surface area is 347 Å². The van der Waals surface area contributed by atoms with Gasteiger partial charge in [0, 0.05) is 26.7 Å². The van der Waals surface area contributed by atoms with Crippen LogP contribution in [-0.2, 0) is 9.98 Å². The van der Waals surface area contributed by atoms with Gasteiger partial charge in [0.25, 0.3) is 0 Å². The maximum atomic E-state index is 16.0. The Bertz CT molecular complexity index is 3550. The number of rotatable bonds is 4. The summed E-state index contributed by atoms with van der Waals surface area (Å²) >= 11 is 0. The van der Waals surface area contributed by atoms with Crippen molar-refractivity contribution in [3.8, 4) is 33.4 Å². The third-order valence-electron chi connectivity index (χ3n) is 13.3. The summed E-state index contributed by atoms with van der Waals surface area (Å²) in [7, 11) is -3.27. The zero-order chi connectivity index (χ0) is 39.6. The summed E-state index contributed by atoms with van der Waals surface area (Å²) in [6, 6.07) is 75.5. The van der Waals surface area contributed by atoms with Crippen LogP contribution in [0.5, 0.6) is 0 Å². The van der Waals surface area contributed by atoms with Crippen LogP contribution in [0.3, 0.4) is 0 Å². The van der Waals surface area contributed by atoms with Gasteiger partial charge in [0.2, 0.25) is 0 Å². The second-order valence-electron chi connectivity index (χ2n) is 16.1. The lowest BCUT2D eigenvalue weighted by atomic mass is 9.70. The maximum absolute atomic E-state index is 16.0. The third kappa shape index (κ3) is 4.34. The van der Waals surface area contributed by atoms with Crippen LogP contribution in [0.1, 0.15) is 22.3 Å². The number of para-hydroxylation sites is 2. The Hall–Kier alpha value is -7.32. The van der Waals surface area contributed by atoms with Crippen LogP contribution in [0.15, 0.2) is 212 Å². The summed E-state index contributed by atoms with van der Waals surface area (Å²) in [5.41, 5.74) is 15.7. The van der Waals surface area contributed by atoms with Gasteiger partial charge in [-0.25, -0.2) is 4.98 Å². The Balaban J connectivity index is 1.08. The molecule has 13 rings (SSSR count). The highest BCUT2D eigenvalue weighted by molar-refractivity contribution is 7.85. The van der Waals surface area contributed by atoms with E-state index in [0.717, 1.165) is 54.6 Å². The molecule has 0 atom stereocenters. The summed E-state index contributed by atoms with van der Waals surface area (Å²) < 4.78 is 18.3. The Kier molecular flexibility index (Phi) is 6.92. The van der Waals surface area contributed by atoms with Crippen molar-refractivity contribution in [2.45, 2.75) is 5.41 Å².